The average molecular weight is 221 g/mol. The molecule has 5 nitrogen and oxygen atoms in total. The molecule has 1 N–H and O–H groups in total. The number of anilines is 1. The van der Waals surface area contributed by atoms with Crippen molar-refractivity contribution in [2.24, 2.45) is 0 Å². The lowest BCUT2D eigenvalue weighted by molar-refractivity contribution is 0.0689. The van der Waals surface area contributed by atoms with Crippen molar-refractivity contribution >= 4 is 11.8 Å². The number of aromatic carboxylic acids is 1. The Kier molecular flexibility index (Phi) is 3.03. The first-order valence-electron chi connectivity index (χ1n) is 5.48. The first-order valence-corrected chi connectivity index (χ1v) is 5.48. The van der Waals surface area contributed by atoms with Gasteiger partial charge in [-0.25, -0.2) is 4.79 Å². The van der Waals surface area contributed by atoms with Crippen molar-refractivity contribution in [3.05, 3.63) is 17.8 Å². The van der Waals surface area contributed by atoms with Crippen LogP contribution in [0.1, 0.15) is 36.2 Å². The van der Waals surface area contributed by atoms with Crippen LogP contribution in [-0.2, 0) is 0 Å². The highest BCUT2D eigenvalue weighted by Gasteiger charge is 2.21. The van der Waals surface area contributed by atoms with E-state index in [1.165, 1.54) is 31.7 Å². The second kappa shape index (κ2) is 4.47. The molecule has 1 aliphatic carbocycles. The van der Waals surface area contributed by atoms with Gasteiger partial charge in [0.15, 0.2) is 11.5 Å². The zero-order chi connectivity index (χ0) is 11.5. The fourth-order valence-electron chi connectivity index (χ4n) is 2.11. The fraction of sp³-hybridized carbons (Fsp3) is 0.545. The number of carbonyl (C=O) groups is 1. The van der Waals surface area contributed by atoms with E-state index in [4.69, 9.17) is 5.11 Å². The smallest absolute Gasteiger partial charge is 0.356 e. The van der Waals surface area contributed by atoms with E-state index in [-0.39, 0.29) is 5.69 Å². The summed E-state index contributed by atoms with van der Waals surface area (Å²) >= 11 is 0. The molecular formula is C11H15N3O2. The Morgan fingerprint density at radius 1 is 1.38 bits per heavy atom. The number of aromatic nitrogens is 2. The second-order valence-corrected chi connectivity index (χ2v) is 4.13. The van der Waals surface area contributed by atoms with Crippen molar-refractivity contribution in [3.63, 3.8) is 0 Å². The summed E-state index contributed by atoms with van der Waals surface area (Å²) in [5.74, 6) is -0.292. The number of hydrogen-bond donors (Lipinski definition) is 1. The number of carboxylic acids is 1. The Bertz CT molecular complexity index is 371. The first-order chi connectivity index (χ1) is 7.68. The SMILES string of the molecule is CN(c1ccc(C(=O)O)nn1)C1CCCC1. The Morgan fingerprint density at radius 3 is 2.56 bits per heavy atom. The Balaban J connectivity index is 2.11. The molecule has 0 bridgehead atoms. The Morgan fingerprint density at radius 2 is 2.06 bits per heavy atom. The summed E-state index contributed by atoms with van der Waals surface area (Å²) in [6.45, 7) is 0. The van der Waals surface area contributed by atoms with Crippen molar-refractivity contribution < 1.29 is 9.90 Å². The molecule has 0 atom stereocenters. The maximum atomic E-state index is 10.6. The van der Waals surface area contributed by atoms with Crippen molar-refractivity contribution in [3.8, 4) is 0 Å². The zero-order valence-corrected chi connectivity index (χ0v) is 9.26. The highest BCUT2D eigenvalue weighted by molar-refractivity contribution is 5.85. The lowest BCUT2D eigenvalue weighted by Gasteiger charge is -2.24. The Labute approximate surface area is 94.1 Å². The average Bonchev–Trinajstić information content (AvgIpc) is 2.81. The van der Waals surface area contributed by atoms with E-state index in [0.717, 1.165) is 5.82 Å². The summed E-state index contributed by atoms with van der Waals surface area (Å²) in [6, 6.07) is 3.73. The molecule has 16 heavy (non-hydrogen) atoms. The summed E-state index contributed by atoms with van der Waals surface area (Å²) in [6.07, 6.45) is 4.88. The molecule has 1 heterocycles. The van der Waals surface area contributed by atoms with Gasteiger partial charge in [-0.15, -0.1) is 10.2 Å². The van der Waals surface area contributed by atoms with Gasteiger partial charge < -0.3 is 10.0 Å². The zero-order valence-electron chi connectivity index (χ0n) is 9.26. The van der Waals surface area contributed by atoms with E-state index in [1.807, 2.05) is 7.05 Å². The van der Waals surface area contributed by atoms with Crippen LogP contribution in [0, 0.1) is 0 Å². The molecule has 0 radical (unpaired) electrons. The normalized spacial score (nSPS) is 16.3. The first kappa shape index (κ1) is 10.9. The summed E-state index contributed by atoms with van der Waals surface area (Å²) in [7, 11) is 1.99. The number of carboxylic acid groups (broad SMARTS) is 1. The molecule has 2 rings (SSSR count). The van der Waals surface area contributed by atoms with E-state index in [1.54, 1.807) is 6.07 Å². The van der Waals surface area contributed by atoms with Crippen LogP contribution in [0.15, 0.2) is 12.1 Å². The summed E-state index contributed by atoms with van der Waals surface area (Å²) < 4.78 is 0. The van der Waals surface area contributed by atoms with Crippen LogP contribution in [0.4, 0.5) is 5.82 Å². The second-order valence-electron chi connectivity index (χ2n) is 4.13. The molecule has 0 saturated heterocycles. The van der Waals surface area contributed by atoms with Gasteiger partial charge in [-0.05, 0) is 25.0 Å². The third-order valence-electron chi connectivity index (χ3n) is 3.10. The van der Waals surface area contributed by atoms with Crippen LogP contribution in [0.3, 0.4) is 0 Å². The Hall–Kier alpha value is -1.65. The van der Waals surface area contributed by atoms with Crippen molar-refractivity contribution in [1.82, 2.24) is 10.2 Å². The molecule has 86 valence electrons. The monoisotopic (exact) mass is 221 g/mol. The molecule has 0 aromatic carbocycles. The van der Waals surface area contributed by atoms with Crippen LogP contribution in [-0.4, -0.2) is 34.4 Å². The van der Waals surface area contributed by atoms with Gasteiger partial charge in [0.05, 0.1) is 0 Å². The van der Waals surface area contributed by atoms with E-state index in [2.05, 4.69) is 15.1 Å². The van der Waals surface area contributed by atoms with Gasteiger partial charge in [-0.1, -0.05) is 12.8 Å². The molecule has 0 amide bonds. The summed E-state index contributed by atoms with van der Waals surface area (Å²) in [4.78, 5) is 12.7. The summed E-state index contributed by atoms with van der Waals surface area (Å²) in [5.41, 5.74) is -0.0106. The van der Waals surface area contributed by atoms with E-state index in [9.17, 15) is 4.79 Å². The van der Waals surface area contributed by atoms with Gasteiger partial charge in [-0.2, -0.15) is 0 Å². The lowest BCUT2D eigenvalue weighted by atomic mass is 10.2. The van der Waals surface area contributed by atoms with Gasteiger partial charge in [0, 0.05) is 13.1 Å². The highest BCUT2D eigenvalue weighted by Crippen LogP contribution is 2.25. The predicted octanol–water partition coefficient (Wildman–Crippen LogP) is 1.55. The largest absolute Gasteiger partial charge is 0.476 e. The van der Waals surface area contributed by atoms with E-state index >= 15 is 0 Å². The van der Waals surface area contributed by atoms with Gasteiger partial charge >= 0.3 is 5.97 Å². The van der Waals surface area contributed by atoms with Crippen LogP contribution >= 0.6 is 0 Å². The number of nitrogens with zero attached hydrogens (tertiary/aromatic N) is 3. The topological polar surface area (TPSA) is 66.3 Å². The van der Waals surface area contributed by atoms with Crippen molar-refractivity contribution in [2.75, 3.05) is 11.9 Å². The molecule has 0 spiro atoms. The van der Waals surface area contributed by atoms with Crippen LogP contribution in [0.5, 0.6) is 0 Å². The molecule has 0 aliphatic heterocycles. The van der Waals surface area contributed by atoms with Gasteiger partial charge in [0.25, 0.3) is 0 Å². The maximum Gasteiger partial charge on any atom is 0.356 e. The minimum atomic E-state index is -1.04. The highest BCUT2D eigenvalue weighted by atomic mass is 16.4. The molecular weight excluding hydrogens is 206 g/mol. The molecule has 1 aromatic heterocycles. The van der Waals surface area contributed by atoms with E-state index in [0.29, 0.717) is 6.04 Å². The minimum absolute atomic E-state index is 0.0106. The number of rotatable bonds is 3. The van der Waals surface area contributed by atoms with Crippen LogP contribution in [0.25, 0.3) is 0 Å². The fourth-order valence-corrected chi connectivity index (χ4v) is 2.11. The van der Waals surface area contributed by atoms with Gasteiger partial charge in [0.1, 0.15) is 0 Å². The van der Waals surface area contributed by atoms with Crippen LogP contribution in [0.2, 0.25) is 0 Å². The molecule has 1 aromatic rings. The maximum absolute atomic E-state index is 10.6. The summed E-state index contributed by atoms with van der Waals surface area (Å²) in [5, 5.41) is 16.3. The predicted molar refractivity (Wildman–Crippen MR) is 59.7 cm³/mol. The molecule has 1 saturated carbocycles. The van der Waals surface area contributed by atoms with Crippen molar-refractivity contribution in [2.45, 2.75) is 31.7 Å². The molecule has 5 heteroatoms. The van der Waals surface area contributed by atoms with E-state index < -0.39 is 5.97 Å². The molecule has 0 unspecified atom stereocenters. The number of hydrogen-bond acceptors (Lipinski definition) is 4. The lowest BCUT2D eigenvalue weighted by Crippen LogP contribution is -2.29. The van der Waals surface area contributed by atoms with Crippen LogP contribution < -0.4 is 4.90 Å². The minimum Gasteiger partial charge on any atom is -0.476 e. The third kappa shape index (κ3) is 2.13. The third-order valence-corrected chi connectivity index (χ3v) is 3.10. The molecule has 1 fully saturated rings. The van der Waals surface area contributed by atoms with Crippen molar-refractivity contribution in [1.29, 1.82) is 0 Å². The standard InChI is InChI=1S/C11H15N3O2/c1-14(8-4-2-3-5-8)10-7-6-9(11(15)16)12-13-10/h6-8H,2-5H2,1H3,(H,15,16). The van der Waals surface area contributed by atoms with Gasteiger partial charge in [-0.3, -0.25) is 0 Å². The molecule has 1 aliphatic rings. The quantitative estimate of drug-likeness (QED) is 0.838. The van der Waals surface area contributed by atoms with Gasteiger partial charge in [0.2, 0.25) is 0 Å².